The molecule has 1 rings (SSSR count). The zero-order valence-electron chi connectivity index (χ0n) is 10.3. The summed E-state index contributed by atoms with van der Waals surface area (Å²) < 4.78 is 22.5. The Bertz CT molecular complexity index is 503. The van der Waals surface area contributed by atoms with Gasteiger partial charge in [-0.2, -0.15) is 0 Å². The molecule has 0 N–H and O–H groups in total. The van der Waals surface area contributed by atoms with E-state index in [4.69, 9.17) is 0 Å². The molecule has 6 heteroatoms. The van der Waals surface area contributed by atoms with Gasteiger partial charge in [-0.15, -0.1) is 11.3 Å². The second kappa shape index (κ2) is 5.73. The molecule has 1 heterocycles. The predicted molar refractivity (Wildman–Crippen MR) is 69.5 cm³/mol. The minimum absolute atomic E-state index is 0.000553. The molecule has 0 atom stereocenters. The van der Waals surface area contributed by atoms with Crippen molar-refractivity contribution < 1.29 is 13.2 Å². The van der Waals surface area contributed by atoms with Gasteiger partial charge in [0.25, 0.3) is 0 Å². The molecule has 96 valence electrons. The molecule has 0 saturated heterocycles. The molecule has 0 aliphatic heterocycles. The summed E-state index contributed by atoms with van der Waals surface area (Å²) in [5, 5.41) is 0.868. The molecule has 1 aromatic heterocycles. The van der Waals surface area contributed by atoms with Crippen LogP contribution in [0.1, 0.15) is 40.1 Å². The first-order valence-electron chi connectivity index (χ1n) is 5.53. The van der Waals surface area contributed by atoms with E-state index < -0.39 is 9.84 Å². The predicted octanol–water partition coefficient (Wildman–Crippen LogP) is 2.16. The standard InChI is InChI=1S/C11H17NO3S2/c1-4-17(14,15)7-5-6-10(13)11-8(2)12-9(3)16-11/h4-7H2,1-3H3. The first-order valence-corrected chi connectivity index (χ1v) is 8.17. The van der Waals surface area contributed by atoms with Crippen molar-refractivity contribution in [2.45, 2.75) is 33.6 Å². The van der Waals surface area contributed by atoms with Gasteiger partial charge < -0.3 is 0 Å². The third kappa shape index (κ3) is 4.20. The topological polar surface area (TPSA) is 64.1 Å². The number of hydrogen-bond acceptors (Lipinski definition) is 5. The highest BCUT2D eigenvalue weighted by atomic mass is 32.2. The molecule has 0 unspecified atom stereocenters. The minimum Gasteiger partial charge on any atom is -0.293 e. The number of aromatic nitrogens is 1. The molecular weight excluding hydrogens is 258 g/mol. The number of aryl methyl sites for hydroxylation is 2. The fraction of sp³-hybridized carbons (Fsp3) is 0.636. The lowest BCUT2D eigenvalue weighted by molar-refractivity contribution is 0.0985. The minimum atomic E-state index is -2.97. The van der Waals surface area contributed by atoms with Gasteiger partial charge in [-0.25, -0.2) is 13.4 Å². The van der Waals surface area contributed by atoms with Crippen molar-refractivity contribution >= 4 is 27.0 Å². The van der Waals surface area contributed by atoms with Crippen molar-refractivity contribution in [3.05, 3.63) is 15.6 Å². The summed E-state index contributed by atoms with van der Waals surface area (Å²) >= 11 is 1.38. The summed E-state index contributed by atoms with van der Waals surface area (Å²) in [6.45, 7) is 5.28. The third-order valence-corrected chi connectivity index (χ3v) is 5.36. The normalized spacial score (nSPS) is 11.7. The van der Waals surface area contributed by atoms with E-state index in [9.17, 15) is 13.2 Å². The van der Waals surface area contributed by atoms with Crippen molar-refractivity contribution in [3.8, 4) is 0 Å². The van der Waals surface area contributed by atoms with Gasteiger partial charge in [-0.1, -0.05) is 6.92 Å². The fourth-order valence-electron chi connectivity index (χ4n) is 1.50. The Balaban J connectivity index is 2.54. The molecule has 0 aliphatic carbocycles. The van der Waals surface area contributed by atoms with Crippen LogP contribution in [-0.4, -0.2) is 30.7 Å². The molecule has 0 fully saturated rings. The number of rotatable bonds is 6. The lowest BCUT2D eigenvalue weighted by atomic mass is 10.2. The van der Waals surface area contributed by atoms with Gasteiger partial charge in [0.15, 0.2) is 5.78 Å². The van der Waals surface area contributed by atoms with Crippen LogP contribution in [0.3, 0.4) is 0 Å². The van der Waals surface area contributed by atoms with E-state index in [0.29, 0.717) is 11.3 Å². The molecule has 4 nitrogen and oxygen atoms in total. The van der Waals surface area contributed by atoms with Crippen LogP contribution in [0.5, 0.6) is 0 Å². The largest absolute Gasteiger partial charge is 0.293 e. The molecule has 0 saturated carbocycles. The van der Waals surface area contributed by atoms with E-state index in [1.807, 2.05) is 6.92 Å². The first kappa shape index (κ1) is 14.3. The Morgan fingerprint density at radius 1 is 1.35 bits per heavy atom. The maximum absolute atomic E-state index is 11.8. The molecule has 0 aromatic carbocycles. The summed E-state index contributed by atoms with van der Waals surface area (Å²) in [5.74, 6) is 0.228. The average molecular weight is 275 g/mol. The lowest BCUT2D eigenvalue weighted by Gasteiger charge is -2.00. The number of hydrogen-bond donors (Lipinski definition) is 0. The zero-order chi connectivity index (χ0) is 13.1. The molecule has 0 radical (unpaired) electrons. The van der Waals surface area contributed by atoms with Crippen molar-refractivity contribution in [1.82, 2.24) is 4.98 Å². The molecule has 1 aromatic rings. The van der Waals surface area contributed by atoms with E-state index in [1.165, 1.54) is 11.3 Å². The summed E-state index contributed by atoms with van der Waals surface area (Å²) in [4.78, 5) is 16.7. The molecule has 17 heavy (non-hydrogen) atoms. The smallest absolute Gasteiger partial charge is 0.174 e. The van der Waals surface area contributed by atoms with Crippen LogP contribution in [0.4, 0.5) is 0 Å². The van der Waals surface area contributed by atoms with Crippen molar-refractivity contribution in [1.29, 1.82) is 0 Å². The van der Waals surface area contributed by atoms with Crippen molar-refractivity contribution in [2.75, 3.05) is 11.5 Å². The maximum Gasteiger partial charge on any atom is 0.174 e. The number of sulfone groups is 1. The first-order chi connectivity index (χ1) is 7.85. The summed E-state index contributed by atoms with van der Waals surface area (Å²) in [7, 11) is -2.97. The number of nitrogens with zero attached hydrogens (tertiary/aromatic N) is 1. The SMILES string of the molecule is CCS(=O)(=O)CCCC(=O)c1sc(C)nc1C. The molecule has 0 amide bonds. The highest BCUT2D eigenvalue weighted by Crippen LogP contribution is 2.19. The Morgan fingerprint density at radius 3 is 2.47 bits per heavy atom. The Morgan fingerprint density at radius 2 is 2.00 bits per heavy atom. The second-order valence-corrected chi connectivity index (χ2v) is 7.59. The zero-order valence-corrected chi connectivity index (χ0v) is 11.9. The van der Waals surface area contributed by atoms with Gasteiger partial charge in [-0.05, 0) is 20.3 Å². The van der Waals surface area contributed by atoms with Crippen LogP contribution in [0.2, 0.25) is 0 Å². The van der Waals surface area contributed by atoms with E-state index in [1.54, 1.807) is 13.8 Å². The van der Waals surface area contributed by atoms with Crippen molar-refractivity contribution in [2.24, 2.45) is 0 Å². The number of ketones is 1. The van der Waals surface area contributed by atoms with Crippen LogP contribution < -0.4 is 0 Å². The average Bonchev–Trinajstić information content (AvgIpc) is 2.57. The number of Topliss-reactive ketones (excluding diaryl/α,β-unsaturated/α-hetero) is 1. The van der Waals surface area contributed by atoms with Gasteiger partial charge >= 0.3 is 0 Å². The van der Waals surface area contributed by atoms with Gasteiger partial charge in [0.2, 0.25) is 0 Å². The number of thiazole rings is 1. The molecular formula is C11H17NO3S2. The Kier molecular flexibility index (Phi) is 4.82. The summed E-state index contributed by atoms with van der Waals surface area (Å²) in [6.07, 6.45) is 0.674. The number of carbonyl (C=O) groups excluding carboxylic acids is 1. The molecule has 0 bridgehead atoms. The maximum atomic E-state index is 11.8. The van der Waals surface area contributed by atoms with Gasteiger partial charge in [0.05, 0.1) is 21.3 Å². The van der Waals surface area contributed by atoms with E-state index in [-0.39, 0.29) is 23.7 Å². The summed E-state index contributed by atoms with van der Waals surface area (Å²) in [6, 6.07) is 0. The Labute approximate surface area is 106 Å². The van der Waals surface area contributed by atoms with Gasteiger partial charge in [-0.3, -0.25) is 4.79 Å². The van der Waals surface area contributed by atoms with E-state index >= 15 is 0 Å². The summed E-state index contributed by atoms with van der Waals surface area (Å²) in [5.41, 5.74) is 0.746. The highest BCUT2D eigenvalue weighted by molar-refractivity contribution is 7.91. The highest BCUT2D eigenvalue weighted by Gasteiger charge is 2.15. The fourth-order valence-corrected chi connectivity index (χ4v) is 3.26. The molecule has 0 aliphatic rings. The van der Waals surface area contributed by atoms with E-state index in [0.717, 1.165) is 10.7 Å². The monoisotopic (exact) mass is 275 g/mol. The quantitative estimate of drug-likeness (QED) is 0.746. The van der Waals surface area contributed by atoms with Crippen LogP contribution in [-0.2, 0) is 9.84 Å². The second-order valence-electron chi connectivity index (χ2n) is 3.91. The lowest BCUT2D eigenvalue weighted by Crippen LogP contribution is -2.10. The number of carbonyl (C=O) groups is 1. The van der Waals surface area contributed by atoms with Crippen LogP contribution in [0.25, 0.3) is 0 Å². The van der Waals surface area contributed by atoms with Gasteiger partial charge in [0, 0.05) is 12.2 Å². The Hall–Kier alpha value is -0.750. The molecule has 0 spiro atoms. The third-order valence-electron chi connectivity index (χ3n) is 2.46. The van der Waals surface area contributed by atoms with Crippen LogP contribution in [0.15, 0.2) is 0 Å². The van der Waals surface area contributed by atoms with Gasteiger partial charge in [0.1, 0.15) is 9.84 Å². The van der Waals surface area contributed by atoms with Crippen LogP contribution >= 0.6 is 11.3 Å². The van der Waals surface area contributed by atoms with Crippen molar-refractivity contribution in [3.63, 3.8) is 0 Å². The van der Waals surface area contributed by atoms with E-state index in [2.05, 4.69) is 4.98 Å². The van der Waals surface area contributed by atoms with Crippen LogP contribution in [0, 0.1) is 13.8 Å².